The number of rotatable bonds is 5. The first-order valence-corrected chi connectivity index (χ1v) is 8.63. The number of carbonyl (C=O) groups excluding carboxylic acids is 1. The quantitative estimate of drug-likeness (QED) is 0.899. The van der Waals surface area contributed by atoms with Gasteiger partial charge in [-0.1, -0.05) is 6.07 Å². The Morgan fingerprint density at radius 3 is 2.88 bits per heavy atom. The van der Waals surface area contributed by atoms with Crippen LogP contribution in [0.25, 0.3) is 0 Å². The Morgan fingerprint density at radius 1 is 1.32 bits per heavy atom. The van der Waals surface area contributed by atoms with Crippen LogP contribution in [0.4, 0.5) is 5.69 Å². The maximum Gasteiger partial charge on any atom is 0.255 e. The van der Waals surface area contributed by atoms with Crippen LogP contribution in [0.3, 0.4) is 0 Å². The molecule has 5 heteroatoms. The third-order valence-corrected chi connectivity index (χ3v) is 4.32. The topological polar surface area (TPSA) is 60.5 Å². The summed E-state index contributed by atoms with van der Waals surface area (Å²) in [6.07, 6.45) is 2.26. The molecule has 0 saturated carbocycles. The van der Waals surface area contributed by atoms with Gasteiger partial charge in [0.1, 0.15) is 12.4 Å². The van der Waals surface area contributed by atoms with Gasteiger partial charge in [-0.25, -0.2) is 0 Å². The average Bonchev–Trinajstić information content (AvgIpc) is 3.10. The molecule has 0 aliphatic carbocycles. The SMILES string of the molecule is Cc1cc(C)c(NC(=O)c2cccc(OCC3CCCO3)c2)c(C)n1. The Labute approximate surface area is 148 Å². The number of ether oxygens (including phenoxy) is 2. The van der Waals surface area contributed by atoms with Crippen LogP contribution in [0, 0.1) is 20.8 Å². The first-order valence-electron chi connectivity index (χ1n) is 8.63. The van der Waals surface area contributed by atoms with Crippen molar-refractivity contribution in [1.82, 2.24) is 4.98 Å². The molecular weight excluding hydrogens is 316 g/mol. The predicted molar refractivity (Wildman–Crippen MR) is 97.3 cm³/mol. The lowest BCUT2D eigenvalue weighted by Gasteiger charge is -2.14. The summed E-state index contributed by atoms with van der Waals surface area (Å²) in [5.74, 6) is 0.512. The van der Waals surface area contributed by atoms with Gasteiger partial charge in [0.15, 0.2) is 0 Å². The Bertz CT molecular complexity index is 744. The van der Waals surface area contributed by atoms with E-state index in [4.69, 9.17) is 9.47 Å². The smallest absolute Gasteiger partial charge is 0.255 e. The lowest BCUT2D eigenvalue weighted by Crippen LogP contribution is -2.17. The molecule has 3 rings (SSSR count). The Kier molecular flexibility index (Phi) is 5.34. The minimum atomic E-state index is -0.167. The predicted octanol–water partition coefficient (Wildman–Crippen LogP) is 3.82. The fourth-order valence-corrected chi connectivity index (χ4v) is 3.09. The lowest BCUT2D eigenvalue weighted by atomic mass is 10.1. The molecule has 1 atom stereocenters. The number of amides is 1. The molecule has 0 bridgehead atoms. The number of pyridine rings is 1. The fourth-order valence-electron chi connectivity index (χ4n) is 3.09. The van der Waals surface area contributed by atoms with Gasteiger partial charge in [-0.05, 0) is 63.4 Å². The van der Waals surface area contributed by atoms with Crippen molar-refractivity contribution in [3.8, 4) is 5.75 Å². The van der Waals surface area contributed by atoms with Crippen molar-refractivity contribution in [3.05, 3.63) is 52.8 Å². The summed E-state index contributed by atoms with van der Waals surface area (Å²) in [7, 11) is 0. The highest BCUT2D eigenvalue weighted by molar-refractivity contribution is 6.05. The average molecular weight is 340 g/mol. The van der Waals surface area contributed by atoms with Gasteiger partial charge in [0, 0.05) is 17.9 Å². The van der Waals surface area contributed by atoms with Crippen molar-refractivity contribution in [1.29, 1.82) is 0 Å². The molecule has 25 heavy (non-hydrogen) atoms. The van der Waals surface area contributed by atoms with E-state index in [2.05, 4.69) is 10.3 Å². The second-order valence-corrected chi connectivity index (χ2v) is 6.47. The highest BCUT2D eigenvalue weighted by atomic mass is 16.5. The van der Waals surface area contributed by atoms with E-state index in [1.807, 2.05) is 39.0 Å². The second-order valence-electron chi connectivity index (χ2n) is 6.47. The van der Waals surface area contributed by atoms with E-state index in [9.17, 15) is 4.79 Å². The number of aromatic nitrogens is 1. The summed E-state index contributed by atoms with van der Waals surface area (Å²) in [5.41, 5.74) is 4.09. The molecule has 1 N–H and O–H groups in total. The number of hydrogen-bond acceptors (Lipinski definition) is 4. The summed E-state index contributed by atoms with van der Waals surface area (Å²) in [6, 6.07) is 9.18. The summed E-state index contributed by atoms with van der Waals surface area (Å²) in [4.78, 5) is 17.0. The Morgan fingerprint density at radius 2 is 2.16 bits per heavy atom. The van der Waals surface area contributed by atoms with Gasteiger partial charge in [-0.15, -0.1) is 0 Å². The van der Waals surface area contributed by atoms with E-state index in [0.29, 0.717) is 17.9 Å². The second kappa shape index (κ2) is 7.66. The number of carbonyl (C=O) groups is 1. The van der Waals surface area contributed by atoms with E-state index in [0.717, 1.165) is 42.1 Å². The normalized spacial score (nSPS) is 16.7. The molecule has 1 saturated heterocycles. The molecule has 2 heterocycles. The van der Waals surface area contributed by atoms with Gasteiger partial charge in [-0.3, -0.25) is 9.78 Å². The number of anilines is 1. The highest BCUT2D eigenvalue weighted by Crippen LogP contribution is 2.22. The molecular formula is C20H24N2O3. The van der Waals surface area contributed by atoms with Crippen LogP contribution in [-0.2, 0) is 4.74 Å². The van der Waals surface area contributed by atoms with Gasteiger partial charge in [0.05, 0.1) is 17.5 Å². The minimum Gasteiger partial charge on any atom is -0.491 e. The number of hydrogen-bond donors (Lipinski definition) is 1. The highest BCUT2D eigenvalue weighted by Gasteiger charge is 2.16. The zero-order chi connectivity index (χ0) is 17.8. The molecule has 1 amide bonds. The first-order chi connectivity index (χ1) is 12.0. The standard InChI is InChI=1S/C20H24N2O3/c1-13-10-14(2)21-15(3)19(13)22-20(23)16-6-4-7-17(11-16)25-12-18-8-5-9-24-18/h4,6-7,10-11,18H,5,8-9,12H2,1-3H3,(H,22,23). The van der Waals surface area contributed by atoms with Gasteiger partial charge < -0.3 is 14.8 Å². The van der Waals surface area contributed by atoms with Crippen molar-refractivity contribution in [3.63, 3.8) is 0 Å². The lowest BCUT2D eigenvalue weighted by molar-refractivity contribution is 0.0679. The monoisotopic (exact) mass is 340 g/mol. The molecule has 1 aromatic carbocycles. The third kappa shape index (κ3) is 4.37. The number of aryl methyl sites for hydroxylation is 3. The summed E-state index contributed by atoms with van der Waals surface area (Å²) in [5, 5.41) is 2.96. The maximum absolute atomic E-state index is 12.6. The van der Waals surface area contributed by atoms with Crippen LogP contribution in [0.1, 0.15) is 40.2 Å². The fraction of sp³-hybridized carbons (Fsp3) is 0.400. The maximum atomic E-state index is 12.6. The van der Waals surface area contributed by atoms with Crippen LogP contribution >= 0.6 is 0 Å². The van der Waals surface area contributed by atoms with Crippen molar-refractivity contribution < 1.29 is 14.3 Å². The summed E-state index contributed by atoms with van der Waals surface area (Å²) < 4.78 is 11.3. The van der Waals surface area contributed by atoms with Crippen molar-refractivity contribution in [2.45, 2.75) is 39.7 Å². The van der Waals surface area contributed by atoms with E-state index in [1.165, 1.54) is 0 Å². The molecule has 1 aromatic heterocycles. The summed E-state index contributed by atoms with van der Waals surface area (Å²) in [6.45, 7) is 7.14. The van der Waals surface area contributed by atoms with Crippen LogP contribution in [-0.4, -0.2) is 30.2 Å². The number of nitrogens with zero attached hydrogens (tertiary/aromatic N) is 1. The molecule has 0 radical (unpaired) electrons. The van der Waals surface area contributed by atoms with E-state index < -0.39 is 0 Å². The molecule has 1 aliphatic rings. The first kappa shape index (κ1) is 17.4. The third-order valence-electron chi connectivity index (χ3n) is 4.32. The zero-order valence-electron chi connectivity index (χ0n) is 15.0. The van der Waals surface area contributed by atoms with E-state index in [-0.39, 0.29) is 12.0 Å². The van der Waals surface area contributed by atoms with Crippen molar-refractivity contribution in [2.75, 3.05) is 18.5 Å². The van der Waals surface area contributed by atoms with Crippen LogP contribution in [0.15, 0.2) is 30.3 Å². The van der Waals surface area contributed by atoms with Crippen LogP contribution in [0.2, 0.25) is 0 Å². The largest absolute Gasteiger partial charge is 0.491 e. The van der Waals surface area contributed by atoms with E-state index >= 15 is 0 Å². The zero-order valence-corrected chi connectivity index (χ0v) is 15.0. The van der Waals surface area contributed by atoms with Crippen LogP contribution in [0.5, 0.6) is 5.75 Å². The minimum absolute atomic E-state index is 0.154. The molecule has 1 aliphatic heterocycles. The van der Waals surface area contributed by atoms with Crippen molar-refractivity contribution in [2.24, 2.45) is 0 Å². The summed E-state index contributed by atoms with van der Waals surface area (Å²) >= 11 is 0. The molecule has 5 nitrogen and oxygen atoms in total. The Balaban J connectivity index is 1.69. The van der Waals surface area contributed by atoms with Gasteiger partial charge in [0.2, 0.25) is 0 Å². The Hall–Kier alpha value is -2.40. The van der Waals surface area contributed by atoms with Crippen molar-refractivity contribution >= 4 is 11.6 Å². The van der Waals surface area contributed by atoms with Gasteiger partial charge in [0.25, 0.3) is 5.91 Å². The molecule has 0 spiro atoms. The number of nitrogens with one attached hydrogen (secondary N) is 1. The molecule has 2 aromatic rings. The van der Waals surface area contributed by atoms with E-state index in [1.54, 1.807) is 12.1 Å². The molecule has 1 unspecified atom stereocenters. The van der Waals surface area contributed by atoms with Crippen LogP contribution < -0.4 is 10.1 Å². The number of benzene rings is 1. The van der Waals surface area contributed by atoms with Gasteiger partial charge in [-0.2, -0.15) is 0 Å². The molecule has 1 fully saturated rings. The van der Waals surface area contributed by atoms with Gasteiger partial charge >= 0.3 is 0 Å². The molecule has 132 valence electrons.